The summed E-state index contributed by atoms with van der Waals surface area (Å²) in [5.74, 6) is 0. The number of hydrogen-bond acceptors (Lipinski definition) is 1. The number of urea groups is 1. The molecule has 0 aliphatic heterocycles. The average Bonchev–Trinajstić information content (AvgIpc) is 2.25. The van der Waals surface area contributed by atoms with Crippen LogP contribution in [0.25, 0.3) is 0 Å². The molecule has 0 aliphatic rings. The Balaban J connectivity index is 2.26. The fourth-order valence-electron chi connectivity index (χ4n) is 1.02. The first kappa shape index (κ1) is 11.8. The van der Waals surface area contributed by atoms with Crippen molar-refractivity contribution in [2.24, 2.45) is 0 Å². The van der Waals surface area contributed by atoms with E-state index in [1.54, 1.807) is 0 Å². The second-order valence-corrected chi connectivity index (χ2v) is 4.16. The van der Waals surface area contributed by atoms with Gasteiger partial charge in [-0.3, -0.25) is 0 Å². The van der Waals surface area contributed by atoms with Gasteiger partial charge in [-0.1, -0.05) is 52.8 Å². The Labute approximate surface area is 97.7 Å². The molecule has 0 unspecified atom stereocenters. The van der Waals surface area contributed by atoms with Crippen LogP contribution in [0.3, 0.4) is 0 Å². The lowest BCUT2D eigenvalue weighted by Crippen LogP contribution is -2.35. The molecule has 0 aromatic heterocycles. The molecule has 0 heterocycles. The maximum atomic E-state index is 11.2. The highest BCUT2D eigenvalue weighted by Gasteiger charge is 1.99. The highest BCUT2D eigenvalue weighted by Crippen LogP contribution is 1.98. The van der Waals surface area contributed by atoms with Gasteiger partial charge in [0.05, 0.1) is 6.54 Å². The van der Waals surface area contributed by atoms with Crippen molar-refractivity contribution in [2.75, 3.05) is 6.54 Å². The van der Waals surface area contributed by atoms with Gasteiger partial charge in [-0.2, -0.15) is 0 Å². The molecule has 0 atom stereocenters. The van der Waals surface area contributed by atoms with Crippen molar-refractivity contribution in [1.82, 2.24) is 10.6 Å². The molecule has 15 heavy (non-hydrogen) atoms. The standard InChI is InChI=1S/C11H13BrN2O/c1-9(12)7-13-11(15)14-8-10-5-3-2-4-6-10/h2-6H,1,7-8H2,(H2,13,14,15). The van der Waals surface area contributed by atoms with Gasteiger partial charge in [-0.25, -0.2) is 4.79 Å². The van der Waals surface area contributed by atoms with E-state index in [-0.39, 0.29) is 6.03 Å². The smallest absolute Gasteiger partial charge is 0.315 e. The van der Waals surface area contributed by atoms with E-state index in [9.17, 15) is 4.79 Å². The summed E-state index contributed by atoms with van der Waals surface area (Å²) in [5, 5.41) is 5.40. The fourth-order valence-corrected chi connectivity index (χ4v) is 1.16. The van der Waals surface area contributed by atoms with E-state index in [4.69, 9.17) is 0 Å². The summed E-state index contributed by atoms with van der Waals surface area (Å²) in [6, 6.07) is 9.55. The lowest BCUT2D eigenvalue weighted by molar-refractivity contribution is 0.241. The predicted octanol–water partition coefficient (Wildman–Crippen LogP) is 2.39. The highest BCUT2D eigenvalue weighted by molar-refractivity contribution is 9.11. The number of halogens is 1. The number of nitrogens with one attached hydrogen (secondary N) is 2. The van der Waals surface area contributed by atoms with E-state index in [1.165, 1.54) is 0 Å². The molecule has 1 aromatic rings. The second kappa shape index (κ2) is 6.24. The molecule has 0 saturated carbocycles. The maximum Gasteiger partial charge on any atom is 0.315 e. The molecule has 0 bridgehead atoms. The van der Waals surface area contributed by atoms with Crippen molar-refractivity contribution in [3.63, 3.8) is 0 Å². The largest absolute Gasteiger partial charge is 0.334 e. The van der Waals surface area contributed by atoms with Crippen LogP contribution in [-0.2, 0) is 6.54 Å². The van der Waals surface area contributed by atoms with Crippen LogP contribution in [0, 0.1) is 0 Å². The van der Waals surface area contributed by atoms with E-state index in [0.717, 1.165) is 10.0 Å². The van der Waals surface area contributed by atoms with Gasteiger partial charge in [0.2, 0.25) is 0 Å². The highest BCUT2D eigenvalue weighted by atomic mass is 79.9. The Morgan fingerprint density at radius 1 is 1.27 bits per heavy atom. The van der Waals surface area contributed by atoms with Gasteiger partial charge in [0.25, 0.3) is 0 Å². The van der Waals surface area contributed by atoms with E-state index < -0.39 is 0 Å². The Hall–Kier alpha value is -1.29. The molecular weight excluding hydrogens is 256 g/mol. The Morgan fingerprint density at radius 3 is 2.53 bits per heavy atom. The van der Waals surface area contributed by atoms with Crippen molar-refractivity contribution in [2.45, 2.75) is 6.54 Å². The van der Waals surface area contributed by atoms with Crippen molar-refractivity contribution in [3.05, 3.63) is 47.0 Å². The summed E-state index contributed by atoms with van der Waals surface area (Å²) in [4.78, 5) is 11.2. The molecule has 1 aromatic carbocycles. The quantitative estimate of drug-likeness (QED) is 0.865. The number of rotatable bonds is 4. The fraction of sp³-hybridized carbons (Fsp3) is 0.182. The topological polar surface area (TPSA) is 41.1 Å². The Kier molecular flexibility index (Phi) is 4.90. The van der Waals surface area contributed by atoms with Gasteiger partial charge in [-0.15, -0.1) is 0 Å². The van der Waals surface area contributed by atoms with Crippen LogP contribution in [0.4, 0.5) is 4.79 Å². The lowest BCUT2D eigenvalue weighted by Gasteiger charge is -2.06. The maximum absolute atomic E-state index is 11.2. The van der Waals surface area contributed by atoms with Crippen LogP contribution in [0.2, 0.25) is 0 Å². The van der Waals surface area contributed by atoms with E-state index >= 15 is 0 Å². The first-order chi connectivity index (χ1) is 7.18. The van der Waals surface area contributed by atoms with Gasteiger partial charge < -0.3 is 10.6 Å². The van der Waals surface area contributed by atoms with Crippen molar-refractivity contribution >= 4 is 22.0 Å². The van der Waals surface area contributed by atoms with Crippen molar-refractivity contribution in [3.8, 4) is 0 Å². The first-order valence-electron chi connectivity index (χ1n) is 4.57. The number of hydrogen-bond donors (Lipinski definition) is 2. The lowest BCUT2D eigenvalue weighted by atomic mass is 10.2. The number of carbonyl (C=O) groups is 1. The van der Waals surface area contributed by atoms with Crippen LogP contribution >= 0.6 is 15.9 Å². The molecule has 0 radical (unpaired) electrons. The minimum absolute atomic E-state index is 0.195. The van der Waals surface area contributed by atoms with E-state index in [0.29, 0.717) is 13.1 Å². The molecule has 80 valence electrons. The minimum atomic E-state index is -0.195. The summed E-state index contributed by atoms with van der Waals surface area (Å²) in [5.41, 5.74) is 1.07. The summed E-state index contributed by atoms with van der Waals surface area (Å²) < 4.78 is 0.748. The van der Waals surface area contributed by atoms with Gasteiger partial charge in [0.1, 0.15) is 0 Å². The van der Waals surface area contributed by atoms with Crippen LogP contribution in [0.5, 0.6) is 0 Å². The molecule has 2 N–H and O–H groups in total. The van der Waals surface area contributed by atoms with E-state index in [1.807, 2.05) is 30.3 Å². The summed E-state index contributed by atoms with van der Waals surface area (Å²) >= 11 is 3.16. The summed E-state index contributed by atoms with van der Waals surface area (Å²) in [6.07, 6.45) is 0. The molecule has 2 amide bonds. The van der Waals surface area contributed by atoms with Crippen LogP contribution in [0.15, 0.2) is 41.4 Å². The normalized spacial score (nSPS) is 9.40. The molecule has 0 saturated heterocycles. The van der Waals surface area contributed by atoms with Gasteiger partial charge >= 0.3 is 6.03 Å². The SMILES string of the molecule is C=C(Br)CNC(=O)NCc1ccccc1. The zero-order valence-corrected chi connectivity index (χ0v) is 9.88. The van der Waals surface area contributed by atoms with Crippen LogP contribution in [0.1, 0.15) is 5.56 Å². The third-order valence-corrected chi connectivity index (χ3v) is 2.02. The monoisotopic (exact) mass is 268 g/mol. The molecule has 1 rings (SSSR count). The third-order valence-electron chi connectivity index (χ3n) is 1.74. The Bertz CT molecular complexity index is 338. The zero-order chi connectivity index (χ0) is 11.1. The van der Waals surface area contributed by atoms with Crippen LogP contribution in [-0.4, -0.2) is 12.6 Å². The second-order valence-electron chi connectivity index (χ2n) is 3.04. The van der Waals surface area contributed by atoms with E-state index in [2.05, 4.69) is 33.1 Å². The number of benzene rings is 1. The third kappa shape index (κ3) is 5.22. The van der Waals surface area contributed by atoms with Crippen molar-refractivity contribution in [1.29, 1.82) is 0 Å². The molecule has 3 nitrogen and oxygen atoms in total. The Morgan fingerprint density at radius 2 is 1.93 bits per heavy atom. The number of carbonyl (C=O) groups excluding carboxylic acids is 1. The first-order valence-corrected chi connectivity index (χ1v) is 5.36. The minimum Gasteiger partial charge on any atom is -0.334 e. The molecular formula is C11H13BrN2O. The average molecular weight is 269 g/mol. The molecule has 4 heteroatoms. The summed E-state index contributed by atoms with van der Waals surface area (Å²) in [6.45, 7) is 4.58. The predicted molar refractivity (Wildman–Crippen MR) is 64.7 cm³/mol. The molecule has 0 aliphatic carbocycles. The van der Waals surface area contributed by atoms with Gasteiger partial charge in [0.15, 0.2) is 0 Å². The zero-order valence-electron chi connectivity index (χ0n) is 8.29. The summed E-state index contributed by atoms with van der Waals surface area (Å²) in [7, 11) is 0. The van der Waals surface area contributed by atoms with Gasteiger partial charge in [0, 0.05) is 11.0 Å². The van der Waals surface area contributed by atoms with Crippen molar-refractivity contribution < 1.29 is 4.79 Å². The van der Waals surface area contributed by atoms with Crippen LogP contribution < -0.4 is 10.6 Å². The molecule has 0 fully saturated rings. The van der Waals surface area contributed by atoms with Gasteiger partial charge in [-0.05, 0) is 5.56 Å². The molecule has 0 spiro atoms. The number of amides is 2.